The molecule has 0 aliphatic rings. The lowest BCUT2D eigenvalue weighted by Crippen LogP contribution is -2.11. The highest BCUT2D eigenvalue weighted by molar-refractivity contribution is 5.71. The second-order valence-corrected chi connectivity index (χ2v) is 5.25. The van der Waals surface area contributed by atoms with Crippen LogP contribution in [0.4, 0.5) is 0 Å². The predicted molar refractivity (Wildman–Crippen MR) is 87.3 cm³/mol. The van der Waals surface area contributed by atoms with Crippen LogP contribution in [0.15, 0.2) is 48.5 Å². The average molecular weight is 298 g/mol. The van der Waals surface area contributed by atoms with Gasteiger partial charge in [0.15, 0.2) is 0 Å². The van der Waals surface area contributed by atoms with E-state index < -0.39 is 0 Å². The van der Waals surface area contributed by atoms with Crippen molar-refractivity contribution in [2.75, 3.05) is 13.7 Å². The highest BCUT2D eigenvalue weighted by Gasteiger charge is 2.19. The molecule has 22 heavy (non-hydrogen) atoms. The summed E-state index contributed by atoms with van der Waals surface area (Å²) in [6.45, 7) is 4.28. The van der Waals surface area contributed by atoms with Crippen LogP contribution in [0.25, 0.3) is 0 Å². The lowest BCUT2D eigenvalue weighted by Gasteiger charge is -2.18. The Labute approximate surface area is 131 Å². The van der Waals surface area contributed by atoms with Crippen LogP contribution >= 0.6 is 0 Å². The van der Waals surface area contributed by atoms with Gasteiger partial charge in [0.1, 0.15) is 5.75 Å². The van der Waals surface area contributed by atoms with Crippen molar-refractivity contribution in [2.45, 2.75) is 26.2 Å². The molecule has 1 unspecified atom stereocenters. The predicted octanol–water partition coefficient (Wildman–Crippen LogP) is 4.09. The van der Waals surface area contributed by atoms with Crippen LogP contribution in [0, 0.1) is 6.92 Å². The summed E-state index contributed by atoms with van der Waals surface area (Å²) in [5, 5.41) is 0. The maximum absolute atomic E-state index is 12.0. The van der Waals surface area contributed by atoms with E-state index in [-0.39, 0.29) is 11.9 Å². The van der Waals surface area contributed by atoms with Crippen molar-refractivity contribution in [3.63, 3.8) is 0 Å². The zero-order valence-electron chi connectivity index (χ0n) is 13.3. The summed E-state index contributed by atoms with van der Waals surface area (Å²) >= 11 is 0. The third-order valence-corrected chi connectivity index (χ3v) is 3.65. The third-order valence-electron chi connectivity index (χ3n) is 3.65. The minimum absolute atomic E-state index is 0.0326. The van der Waals surface area contributed by atoms with Crippen LogP contribution in [-0.2, 0) is 9.53 Å². The van der Waals surface area contributed by atoms with Crippen LogP contribution in [0.1, 0.15) is 36.0 Å². The van der Waals surface area contributed by atoms with Crippen LogP contribution in [0.3, 0.4) is 0 Å². The van der Waals surface area contributed by atoms with E-state index in [9.17, 15) is 4.79 Å². The van der Waals surface area contributed by atoms with Crippen molar-refractivity contribution in [2.24, 2.45) is 0 Å². The highest BCUT2D eigenvalue weighted by Crippen LogP contribution is 2.30. The van der Waals surface area contributed by atoms with E-state index in [1.807, 2.05) is 31.2 Å². The lowest BCUT2D eigenvalue weighted by molar-refractivity contribution is -0.143. The van der Waals surface area contributed by atoms with Crippen molar-refractivity contribution in [1.82, 2.24) is 0 Å². The summed E-state index contributed by atoms with van der Waals surface area (Å²) in [6, 6.07) is 16.1. The molecule has 0 heterocycles. The van der Waals surface area contributed by atoms with Crippen LogP contribution in [0.5, 0.6) is 5.75 Å². The SMILES string of the molecule is CCOC(=O)CC(c1ccc(C)cc1)c1cccc(OC)c1. The summed E-state index contributed by atoms with van der Waals surface area (Å²) in [4.78, 5) is 12.0. The van der Waals surface area contributed by atoms with Gasteiger partial charge in [-0.3, -0.25) is 4.79 Å². The van der Waals surface area contributed by atoms with E-state index in [0.717, 1.165) is 16.9 Å². The minimum atomic E-state index is -0.184. The van der Waals surface area contributed by atoms with E-state index in [1.165, 1.54) is 5.56 Å². The lowest BCUT2D eigenvalue weighted by atomic mass is 9.88. The number of esters is 1. The quantitative estimate of drug-likeness (QED) is 0.754. The fourth-order valence-electron chi connectivity index (χ4n) is 2.47. The number of aryl methyl sites for hydroxylation is 1. The summed E-state index contributed by atoms with van der Waals surface area (Å²) in [6.07, 6.45) is 0.323. The molecule has 3 nitrogen and oxygen atoms in total. The van der Waals surface area contributed by atoms with Crippen molar-refractivity contribution >= 4 is 5.97 Å². The Morgan fingerprint density at radius 1 is 1.09 bits per heavy atom. The number of hydrogen-bond donors (Lipinski definition) is 0. The largest absolute Gasteiger partial charge is 0.497 e. The highest BCUT2D eigenvalue weighted by atomic mass is 16.5. The Morgan fingerprint density at radius 2 is 1.82 bits per heavy atom. The Balaban J connectivity index is 2.35. The molecule has 0 aliphatic carbocycles. The second kappa shape index (κ2) is 7.64. The van der Waals surface area contributed by atoms with Gasteiger partial charge in [-0.2, -0.15) is 0 Å². The van der Waals surface area contributed by atoms with Crippen LogP contribution < -0.4 is 4.74 Å². The Morgan fingerprint density at radius 3 is 2.45 bits per heavy atom. The number of hydrogen-bond acceptors (Lipinski definition) is 3. The van der Waals surface area contributed by atoms with E-state index >= 15 is 0 Å². The molecule has 116 valence electrons. The number of methoxy groups -OCH3 is 1. The average Bonchev–Trinajstić information content (AvgIpc) is 2.54. The number of carbonyl (C=O) groups is 1. The van der Waals surface area contributed by atoms with E-state index in [4.69, 9.17) is 9.47 Å². The third kappa shape index (κ3) is 4.10. The Kier molecular flexibility index (Phi) is 5.59. The van der Waals surface area contributed by atoms with Gasteiger partial charge >= 0.3 is 5.97 Å². The standard InChI is InChI=1S/C19H22O3/c1-4-22-19(20)13-18(15-10-8-14(2)9-11-15)16-6-5-7-17(12-16)21-3/h5-12,18H,4,13H2,1-3H3. The van der Waals surface area contributed by atoms with Gasteiger partial charge in [0.25, 0.3) is 0 Å². The molecule has 0 amide bonds. The molecule has 1 atom stereocenters. The zero-order valence-corrected chi connectivity index (χ0v) is 13.3. The van der Waals surface area contributed by atoms with Gasteiger partial charge in [0.2, 0.25) is 0 Å². The fourth-order valence-corrected chi connectivity index (χ4v) is 2.47. The molecule has 0 saturated carbocycles. The van der Waals surface area contributed by atoms with Gasteiger partial charge in [-0.25, -0.2) is 0 Å². The minimum Gasteiger partial charge on any atom is -0.497 e. The number of rotatable bonds is 6. The summed E-state index contributed by atoms with van der Waals surface area (Å²) in [5.41, 5.74) is 3.35. The maximum Gasteiger partial charge on any atom is 0.306 e. The van der Waals surface area contributed by atoms with Crippen LogP contribution in [0.2, 0.25) is 0 Å². The molecular formula is C19H22O3. The monoisotopic (exact) mass is 298 g/mol. The van der Waals surface area contributed by atoms with Crippen molar-refractivity contribution < 1.29 is 14.3 Å². The molecule has 0 radical (unpaired) electrons. The van der Waals surface area contributed by atoms with Crippen molar-refractivity contribution in [3.05, 3.63) is 65.2 Å². The Hall–Kier alpha value is -2.29. The molecule has 0 N–H and O–H groups in total. The maximum atomic E-state index is 12.0. The van der Waals surface area contributed by atoms with Crippen molar-refractivity contribution in [1.29, 1.82) is 0 Å². The molecular weight excluding hydrogens is 276 g/mol. The molecule has 3 heteroatoms. The smallest absolute Gasteiger partial charge is 0.306 e. The molecule has 0 bridgehead atoms. The number of benzene rings is 2. The summed E-state index contributed by atoms with van der Waals surface area (Å²) in [7, 11) is 1.64. The van der Waals surface area contributed by atoms with Gasteiger partial charge in [-0.1, -0.05) is 42.0 Å². The first-order valence-corrected chi connectivity index (χ1v) is 7.50. The molecule has 2 aromatic rings. The Bertz CT molecular complexity index is 617. The number of carbonyl (C=O) groups excluding carboxylic acids is 1. The number of ether oxygens (including phenoxy) is 2. The first-order valence-electron chi connectivity index (χ1n) is 7.50. The summed E-state index contributed by atoms with van der Waals surface area (Å²) in [5.74, 6) is 0.573. The van der Waals surface area contributed by atoms with Gasteiger partial charge in [0.05, 0.1) is 20.1 Å². The zero-order chi connectivity index (χ0) is 15.9. The molecule has 0 aliphatic heterocycles. The molecule has 0 saturated heterocycles. The van der Waals surface area contributed by atoms with Gasteiger partial charge in [0, 0.05) is 5.92 Å². The molecule has 2 aromatic carbocycles. The van der Waals surface area contributed by atoms with Crippen molar-refractivity contribution in [3.8, 4) is 5.75 Å². The van der Waals surface area contributed by atoms with Crippen LogP contribution in [-0.4, -0.2) is 19.7 Å². The second-order valence-electron chi connectivity index (χ2n) is 5.25. The molecule has 0 spiro atoms. The molecule has 2 rings (SSSR count). The van der Waals surface area contributed by atoms with Gasteiger partial charge in [-0.15, -0.1) is 0 Å². The molecule has 0 aromatic heterocycles. The summed E-state index contributed by atoms with van der Waals surface area (Å²) < 4.78 is 10.4. The van der Waals surface area contributed by atoms with E-state index in [1.54, 1.807) is 7.11 Å². The van der Waals surface area contributed by atoms with Gasteiger partial charge in [-0.05, 0) is 37.1 Å². The first kappa shape index (κ1) is 16.1. The van der Waals surface area contributed by atoms with Gasteiger partial charge < -0.3 is 9.47 Å². The topological polar surface area (TPSA) is 35.5 Å². The van der Waals surface area contributed by atoms with E-state index in [0.29, 0.717) is 13.0 Å². The van der Waals surface area contributed by atoms with E-state index in [2.05, 4.69) is 31.2 Å². The normalized spacial score (nSPS) is 11.8. The first-order chi connectivity index (χ1) is 10.6. The molecule has 0 fully saturated rings. The fraction of sp³-hybridized carbons (Fsp3) is 0.316.